The predicted octanol–water partition coefficient (Wildman–Crippen LogP) is 3.73. The van der Waals surface area contributed by atoms with Crippen LogP contribution in [0.25, 0.3) is 0 Å². The van der Waals surface area contributed by atoms with Crippen molar-refractivity contribution in [3.63, 3.8) is 0 Å². The van der Waals surface area contributed by atoms with Crippen LogP contribution in [-0.2, 0) is 28.8 Å². The molecule has 0 radical (unpaired) electrons. The first-order valence-electron chi connectivity index (χ1n) is 18.1. The quantitative estimate of drug-likeness (QED) is 0.266. The molecule has 3 N–H and O–H groups in total. The van der Waals surface area contributed by atoms with Gasteiger partial charge in [0.15, 0.2) is 5.60 Å². The number of benzene rings is 1. The Hall–Kier alpha value is -3.96. The van der Waals surface area contributed by atoms with Crippen molar-refractivity contribution in [1.82, 2.24) is 20.9 Å². The summed E-state index contributed by atoms with van der Waals surface area (Å²) in [5.41, 5.74) is 1.77. The first-order valence-corrected chi connectivity index (χ1v) is 18.1. The summed E-state index contributed by atoms with van der Waals surface area (Å²) in [5, 5.41) is 13.1. The van der Waals surface area contributed by atoms with E-state index in [1.165, 1.54) is 4.90 Å². The molecule has 12 heteroatoms. The van der Waals surface area contributed by atoms with E-state index in [1.54, 1.807) is 7.11 Å². The van der Waals surface area contributed by atoms with Crippen LogP contribution in [0.5, 0.6) is 5.75 Å². The molecule has 4 amide bonds. The number of oxime groups is 1. The second-order valence-electron chi connectivity index (χ2n) is 16.3. The number of rotatable bonds is 13. The Morgan fingerprint density at radius 2 is 1.72 bits per heavy atom. The summed E-state index contributed by atoms with van der Waals surface area (Å²) in [6, 6.07) is 0.977. The molecule has 6 atom stereocenters. The number of ketones is 1. The zero-order valence-corrected chi connectivity index (χ0v) is 31.1. The fourth-order valence-corrected chi connectivity index (χ4v) is 7.51. The SMILES string of the molecule is CCC[C@H](NC(=O)[C@@H]1C[C@]2(CC(c3cc(C)c(OC)c(C)c3)=NO2)CN1C(=O)[C@@H](NC(=O)[C@@H]1C[C@H]1C(C)C)C(C)(C)C)C(=O)C(=O)NC1CC1. The number of hydrogen-bond acceptors (Lipinski definition) is 8. The number of likely N-dealkylation sites (tertiary alicyclic amines) is 1. The largest absolute Gasteiger partial charge is 0.496 e. The number of Topliss-reactive ketones (excluding diaryl/α,β-unsaturated/α-hetero) is 1. The number of methoxy groups -OCH3 is 1. The fourth-order valence-electron chi connectivity index (χ4n) is 7.51. The monoisotopic (exact) mass is 693 g/mol. The molecule has 274 valence electrons. The van der Waals surface area contributed by atoms with Crippen molar-refractivity contribution < 1.29 is 33.5 Å². The third-order valence-corrected chi connectivity index (χ3v) is 10.6. The lowest BCUT2D eigenvalue weighted by molar-refractivity contribution is -0.145. The molecule has 5 rings (SSSR count). The Morgan fingerprint density at radius 1 is 1.06 bits per heavy atom. The van der Waals surface area contributed by atoms with Crippen LogP contribution in [0.4, 0.5) is 0 Å². The third kappa shape index (κ3) is 7.99. The number of amides is 4. The van der Waals surface area contributed by atoms with Gasteiger partial charge in [-0.25, -0.2) is 0 Å². The van der Waals surface area contributed by atoms with E-state index in [1.807, 2.05) is 53.7 Å². The Labute approximate surface area is 295 Å². The zero-order valence-electron chi connectivity index (χ0n) is 31.1. The summed E-state index contributed by atoms with van der Waals surface area (Å²) in [4.78, 5) is 75.8. The summed E-state index contributed by atoms with van der Waals surface area (Å²) in [5.74, 6) is -1.23. The van der Waals surface area contributed by atoms with Gasteiger partial charge in [-0.2, -0.15) is 0 Å². The Balaban J connectivity index is 1.41. The number of carbonyl (C=O) groups excluding carboxylic acids is 5. The maximum atomic E-state index is 14.6. The van der Waals surface area contributed by atoms with Gasteiger partial charge in [0.25, 0.3) is 5.91 Å². The van der Waals surface area contributed by atoms with Gasteiger partial charge in [-0.15, -0.1) is 0 Å². The van der Waals surface area contributed by atoms with Gasteiger partial charge in [0, 0.05) is 30.4 Å². The van der Waals surface area contributed by atoms with Crippen molar-refractivity contribution in [2.45, 2.75) is 130 Å². The highest BCUT2D eigenvalue weighted by Crippen LogP contribution is 2.45. The fraction of sp³-hybridized carbons (Fsp3) is 0.684. The minimum atomic E-state index is -1.04. The molecule has 2 heterocycles. The maximum Gasteiger partial charge on any atom is 0.289 e. The van der Waals surface area contributed by atoms with Gasteiger partial charge in [0.1, 0.15) is 17.8 Å². The zero-order chi connectivity index (χ0) is 36.7. The van der Waals surface area contributed by atoms with Crippen molar-refractivity contribution in [2.24, 2.45) is 28.3 Å². The lowest BCUT2D eigenvalue weighted by Crippen LogP contribution is -2.59. The van der Waals surface area contributed by atoms with Crippen molar-refractivity contribution in [3.8, 4) is 5.75 Å². The number of hydrogen-bond donors (Lipinski definition) is 3. The predicted molar refractivity (Wildman–Crippen MR) is 188 cm³/mol. The highest BCUT2D eigenvalue weighted by atomic mass is 16.7. The van der Waals surface area contributed by atoms with Crippen molar-refractivity contribution >= 4 is 35.1 Å². The van der Waals surface area contributed by atoms with E-state index in [0.717, 1.165) is 41.7 Å². The molecular weight excluding hydrogens is 638 g/mol. The van der Waals surface area contributed by atoms with Crippen LogP contribution in [0.2, 0.25) is 0 Å². The maximum absolute atomic E-state index is 14.6. The summed E-state index contributed by atoms with van der Waals surface area (Å²) >= 11 is 0. The molecular formula is C38H55N5O7. The standard InChI is InChI=1S/C38H55N5O7/c1-10-11-27(30(44)35(47)39-24-12-13-24)40-34(46)29-18-38(17-28(42-50-38)23-14-21(4)31(49-9)22(5)15-23)19-43(29)36(48)32(37(6,7)8)41-33(45)26-16-25(26)20(2)3/h14-15,20,24-27,29,32H,10-13,16-19H2,1-9H3,(H,39,47)(H,40,46)(H,41,45)/t25-,26+,27-,29-,32+,38+/m0/s1. The number of nitrogens with one attached hydrogen (secondary N) is 3. The molecule has 0 aromatic heterocycles. The third-order valence-electron chi connectivity index (χ3n) is 10.6. The van der Waals surface area contributed by atoms with Crippen LogP contribution in [0.1, 0.15) is 103 Å². The highest BCUT2D eigenvalue weighted by Gasteiger charge is 2.56. The van der Waals surface area contributed by atoms with E-state index in [2.05, 4.69) is 35.0 Å². The molecule has 4 aliphatic rings. The van der Waals surface area contributed by atoms with Gasteiger partial charge in [-0.1, -0.05) is 53.1 Å². The van der Waals surface area contributed by atoms with Crippen molar-refractivity contribution in [1.29, 1.82) is 0 Å². The summed E-state index contributed by atoms with van der Waals surface area (Å²) in [6.07, 6.45) is 3.74. The van der Waals surface area contributed by atoms with E-state index < -0.39 is 52.6 Å². The molecule has 2 aliphatic carbocycles. The number of aryl methyl sites for hydroxylation is 2. The van der Waals surface area contributed by atoms with Crippen LogP contribution in [0.3, 0.4) is 0 Å². The van der Waals surface area contributed by atoms with E-state index in [0.29, 0.717) is 24.5 Å². The molecule has 1 saturated heterocycles. The molecule has 2 saturated carbocycles. The Morgan fingerprint density at radius 3 is 2.26 bits per heavy atom. The average Bonchev–Trinajstić information content (AvgIpc) is 3.96. The topological polar surface area (TPSA) is 156 Å². The lowest BCUT2D eigenvalue weighted by atomic mass is 9.85. The number of nitrogens with zero attached hydrogens (tertiary/aromatic N) is 2. The molecule has 1 aromatic rings. The molecule has 50 heavy (non-hydrogen) atoms. The molecule has 12 nitrogen and oxygen atoms in total. The van der Waals surface area contributed by atoms with Crippen molar-refractivity contribution in [3.05, 3.63) is 28.8 Å². The molecule has 2 aliphatic heterocycles. The number of ether oxygens (including phenoxy) is 1. The number of carbonyl (C=O) groups is 5. The first-order chi connectivity index (χ1) is 23.5. The van der Waals surface area contributed by atoms with E-state index in [9.17, 15) is 24.0 Å². The van der Waals surface area contributed by atoms with Gasteiger partial charge >= 0.3 is 0 Å². The smallest absolute Gasteiger partial charge is 0.289 e. The van der Waals surface area contributed by atoms with Crippen LogP contribution in [0, 0.1) is 37.0 Å². The first kappa shape index (κ1) is 37.3. The van der Waals surface area contributed by atoms with Gasteiger partial charge in [-0.05, 0) is 80.0 Å². The lowest BCUT2D eigenvalue weighted by Gasteiger charge is -2.35. The molecule has 3 fully saturated rings. The van der Waals surface area contributed by atoms with E-state index in [-0.39, 0.29) is 43.2 Å². The second kappa shape index (κ2) is 14.3. The van der Waals surface area contributed by atoms with E-state index >= 15 is 0 Å². The van der Waals surface area contributed by atoms with Crippen LogP contribution in [-0.4, -0.2) is 83.4 Å². The summed E-state index contributed by atoms with van der Waals surface area (Å²) in [6.45, 7) is 15.7. The summed E-state index contributed by atoms with van der Waals surface area (Å²) in [7, 11) is 1.63. The molecule has 1 spiro atoms. The van der Waals surface area contributed by atoms with Crippen LogP contribution < -0.4 is 20.7 Å². The minimum absolute atomic E-state index is 0.00443. The Bertz CT molecular complexity index is 1540. The van der Waals surface area contributed by atoms with Gasteiger partial charge in [0.05, 0.1) is 25.4 Å². The van der Waals surface area contributed by atoms with Crippen LogP contribution in [0.15, 0.2) is 17.3 Å². The van der Waals surface area contributed by atoms with E-state index in [4.69, 9.17) is 9.57 Å². The molecule has 0 bridgehead atoms. The molecule has 0 unspecified atom stereocenters. The molecule has 1 aromatic carbocycles. The van der Waals surface area contributed by atoms with Gasteiger partial charge in [-0.3, -0.25) is 24.0 Å². The van der Waals surface area contributed by atoms with Gasteiger partial charge in [0.2, 0.25) is 23.5 Å². The second-order valence-corrected chi connectivity index (χ2v) is 16.3. The van der Waals surface area contributed by atoms with Gasteiger partial charge < -0.3 is 30.4 Å². The Kier molecular flexibility index (Phi) is 10.7. The minimum Gasteiger partial charge on any atom is -0.496 e. The summed E-state index contributed by atoms with van der Waals surface area (Å²) < 4.78 is 5.54. The van der Waals surface area contributed by atoms with Crippen LogP contribution >= 0.6 is 0 Å². The normalized spacial score (nSPS) is 25.4. The van der Waals surface area contributed by atoms with Crippen molar-refractivity contribution in [2.75, 3.05) is 13.7 Å². The highest BCUT2D eigenvalue weighted by molar-refractivity contribution is 6.38. The average molecular weight is 694 g/mol.